The maximum Gasteiger partial charge on any atom is 0.416 e. The zero-order valence-electron chi connectivity index (χ0n) is 9.49. The number of aromatic amines is 2. The van der Waals surface area contributed by atoms with E-state index in [9.17, 15) is 13.2 Å². The number of nitrogens with one attached hydrogen (secondary N) is 2. The minimum absolute atomic E-state index is 0.0508. The summed E-state index contributed by atoms with van der Waals surface area (Å²) in [4.78, 5) is 0. The molecule has 0 fully saturated rings. The second-order valence-corrected chi connectivity index (χ2v) is 3.67. The van der Waals surface area contributed by atoms with Crippen molar-refractivity contribution in [2.75, 3.05) is 11.5 Å². The van der Waals surface area contributed by atoms with Crippen LogP contribution in [0.3, 0.4) is 0 Å². The van der Waals surface area contributed by atoms with Gasteiger partial charge in [-0.05, 0) is 18.2 Å². The van der Waals surface area contributed by atoms with E-state index in [0.717, 1.165) is 12.1 Å². The number of nitrogen functional groups attached to an aromatic ring is 2. The molecule has 0 aliphatic rings. The third-order valence-corrected chi connectivity index (χ3v) is 2.28. The Hall–Kier alpha value is -2.58. The molecule has 0 saturated heterocycles. The molecule has 9 heteroatoms. The molecule has 6 nitrogen and oxygen atoms in total. The van der Waals surface area contributed by atoms with Crippen molar-refractivity contribution in [2.24, 2.45) is 10.2 Å². The normalized spacial score (nSPS) is 12.2. The Morgan fingerprint density at radius 2 is 1.89 bits per heavy atom. The summed E-state index contributed by atoms with van der Waals surface area (Å²) in [7, 11) is 0. The van der Waals surface area contributed by atoms with Gasteiger partial charge < -0.3 is 5.73 Å². The second-order valence-electron chi connectivity index (χ2n) is 3.67. The average molecular weight is 271 g/mol. The molecule has 0 aliphatic heterocycles. The zero-order valence-corrected chi connectivity index (χ0v) is 9.49. The van der Waals surface area contributed by atoms with E-state index < -0.39 is 11.7 Å². The first-order chi connectivity index (χ1) is 8.88. The Morgan fingerprint density at radius 1 is 1.16 bits per heavy atom. The van der Waals surface area contributed by atoms with Crippen molar-refractivity contribution in [1.82, 2.24) is 5.10 Å². The van der Waals surface area contributed by atoms with Crippen LogP contribution in [0.2, 0.25) is 0 Å². The van der Waals surface area contributed by atoms with E-state index in [1.165, 1.54) is 12.1 Å². The molecular formula is C10H10F3N6+. The van der Waals surface area contributed by atoms with Crippen molar-refractivity contribution < 1.29 is 18.3 Å². The van der Waals surface area contributed by atoms with Crippen molar-refractivity contribution in [3.05, 3.63) is 29.8 Å². The van der Waals surface area contributed by atoms with Crippen LogP contribution in [0.25, 0.3) is 0 Å². The van der Waals surface area contributed by atoms with Crippen molar-refractivity contribution in [1.29, 1.82) is 0 Å². The number of nitrogens with two attached hydrogens (primary N) is 2. The minimum Gasteiger partial charge on any atom is -0.381 e. The van der Waals surface area contributed by atoms with Crippen molar-refractivity contribution in [3.8, 4) is 0 Å². The van der Waals surface area contributed by atoms with Gasteiger partial charge in [0, 0.05) is 0 Å². The lowest BCUT2D eigenvalue weighted by atomic mass is 10.2. The van der Waals surface area contributed by atoms with Gasteiger partial charge in [-0.25, -0.2) is 5.10 Å². The Morgan fingerprint density at radius 3 is 2.47 bits per heavy atom. The van der Waals surface area contributed by atoms with Gasteiger partial charge in [-0.15, -0.1) is 5.11 Å². The van der Waals surface area contributed by atoms with Gasteiger partial charge in [-0.2, -0.15) is 23.4 Å². The number of rotatable bonds is 2. The molecule has 100 valence electrons. The zero-order chi connectivity index (χ0) is 14.0. The van der Waals surface area contributed by atoms with Crippen LogP contribution in [0.15, 0.2) is 34.5 Å². The van der Waals surface area contributed by atoms with Crippen molar-refractivity contribution in [2.45, 2.75) is 6.18 Å². The van der Waals surface area contributed by atoms with Crippen LogP contribution in [-0.2, 0) is 6.18 Å². The number of alkyl halides is 3. The summed E-state index contributed by atoms with van der Waals surface area (Å²) in [6, 6.07) is 4.46. The lowest BCUT2D eigenvalue weighted by Gasteiger charge is -2.05. The van der Waals surface area contributed by atoms with Crippen LogP contribution >= 0.6 is 0 Å². The lowest BCUT2D eigenvalue weighted by molar-refractivity contribution is -0.431. The molecule has 1 aromatic heterocycles. The highest BCUT2D eigenvalue weighted by molar-refractivity contribution is 5.67. The molecule has 0 amide bonds. The Labute approximate surface area is 105 Å². The van der Waals surface area contributed by atoms with E-state index in [2.05, 4.69) is 20.4 Å². The molecule has 0 radical (unpaired) electrons. The average Bonchev–Trinajstić information content (AvgIpc) is 2.66. The van der Waals surface area contributed by atoms with Gasteiger partial charge >= 0.3 is 12.0 Å². The SMILES string of the molecule is Nc1[nH][nH+]c(N)c1N=Nc1cccc(C(F)(F)F)c1. The molecule has 0 spiro atoms. The highest BCUT2D eigenvalue weighted by Crippen LogP contribution is 2.32. The molecule has 0 aliphatic carbocycles. The molecule has 0 atom stereocenters. The molecular weight excluding hydrogens is 261 g/mol. The topological polar surface area (TPSA) is 107 Å². The quantitative estimate of drug-likeness (QED) is 0.729. The van der Waals surface area contributed by atoms with Crippen LogP contribution < -0.4 is 16.6 Å². The predicted octanol–water partition coefficient (Wildman–Crippen LogP) is 2.43. The summed E-state index contributed by atoms with van der Waals surface area (Å²) in [6.45, 7) is 0. The van der Waals surface area contributed by atoms with Gasteiger partial charge in [0.15, 0.2) is 5.82 Å². The van der Waals surface area contributed by atoms with E-state index in [1.54, 1.807) is 0 Å². The van der Waals surface area contributed by atoms with Crippen molar-refractivity contribution >= 4 is 23.0 Å². The predicted molar refractivity (Wildman–Crippen MR) is 61.8 cm³/mol. The molecule has 1 heterocycles. The highest BCUT2D eigenvalue weighted by atomic mass is 19.4. The molecule has 1 aromatic carbocycles. The number of nitrogens with zero attached hydrogens (tertiary/aromatic N) is 2. The lowest BCUT2D eigenvalue weighted by Crippen LogP contribution is -2.07. The number of anilines is 2. The van der Waals surface area contributed by atoms with Crippen molar-refractivity contribution in [3.63, 3.8) is 0 Å². The number of hydrogen-bond donors (Lipinski definition) is 3. The summed E-state index contributed by atoms with van der Waals surface area (Å²) in [5.41, 5.74) is 10.4. The number of hydrogen-bond acceptors (Lipinski definition) is 4. The molecule has 0 bridgehead atoms. The summed E-state index contributed by atoms with van der Waals surface area (Å²) in [5.74, 6) is 0.293. The summed E-state index contributed by atoms with van der Waals surface area (Å²) in [6.07, 6.45) is -4.43. The molecule has 0 saturated carbocycles. The monoisotopic (exact) mass is 271 g/mol. The van der Waals surface area contributed by atoms with E-state index in [1.807, 2.05) is 0 Å². The van der Waals surface area contributed by atoms with Crippen LogP contribution in [0.5, 0.6) is 0 Å². The highest BCUT2D eigenvalue weighted by Gasteiger charge is 2.30. The molecule has 19 heavy (non-hydrogen) atoms. The third kappa shape index (κ3) is 2.81. The standard InChI is InChI=1S/C10H9F3N6/c11-10(12,13)5-2-1-3-6(4-5)16-17-7-8(14)18-19-9(7)15/h1-4H,(H5,14,15,18,19)/p+1. The van der Waals surface area contributed by atoms with Crippen LogP contribution in [0.4, 0.5) is 36.2 Å². The van der Waals surface area contributed by atoms with E-state index in [0.29, 0.717) is 0 Å². The second kappa shape index (κ2) is 4.59. The maximum atomic E-state index is 12.5. The minimum atomic E-state index is -4.43. The summed E-state index contributed by atoms with van der Waals surface area (Å²) in [5, 5.41) is 12.4. The molecule has 6 N–H and O–H groups in total. The fourth-order valence-electron chi connectivity index (χ4n) is 1.36. The summed E-state index contributed by atoms with van der Waals surface area (Å²) < 4.78 is 37.5. The first-order valence-electron chi connectivity index (χ1n) is 5.11. The van der Waals surface area contributed by atoms with E-state index in [-0.39, 0.29) is 23.0 Å². The molecule has 0 unspecified atom stereocenters. The van der Waals surface area contributed by atoms with Crippen LogP contribution in [-0.4, -0.2) is 5.10 Å². The largest absolute Gasteiger partial charge is 0.416 e. The first kappa shape index (κ1) is 12.9. The smallest absolute Gasteiger partial charge is 0.381 e. The molecule has 2 rings (SSSR count). The van der Waals surface area contributed by atoms with E-state index >= 15 is 0 Å². The fraction of sp³-hybridized carbons (Fsp3) is 0.100. The van der Waals surface area contributed by atoms with Gasteiger partial charge in [-0.1, -0.05) is 6.07 Å². The number of azo groups is 1. The number of H-pyrrole nitrogens is 2. The van der Waals surface area contributed by atoms with Gasteiger partial charge in [0.05, 0.1) is 11.3 Å². The number of aromatic nitrogens is 2. The maximum absolute atomic E-state index is 12.5. The van der Waals surface area contributed by atoms with Crippen LogP contribution in [0.1, 0.15) is 5.56 Å². The van der Waals surface area contributed by atoms with Gasteiger partial charge in [0.1, 0.15) is 0 Å². The first-order valence-corrected chi connectivity index (χ1v) is 5.11. The van der Waals surface area contributed by atoms with Gasteiger partial charge in [0.25, 0.3) is 0 Å². The van der Waals surface area contributed by atoms with Crippen LogP contribution in [0, 0.1) is 0 Å². The number of halogens is 3. The summed E-state index contributed by atoms with van der Waals surface area (Å²) >= 11 is 0. The fourth-order valence-corrected chi connectivity index (χ4v) is 1.36. The Balaban J connectivity index is 2.29. The molecule has 2 aromatic rings. The van der Waals surface area contributed by atoms with Gasteiger partial charge in [-0.3, -0.25) is 5.73 Å². The Kier molecular flexibility index (Phi) is 3.11. The van der Waals surface area contributed by atoms with E-state index in [4.69, 9.17) is 11.5 Å². The third-order valence-electron chi connectivity index (χ3n) is 2.28. The van der Waals surface area contributed by atoms with Gasteiger partial charge in [0.2, 0.25) is 5.69 Å². The number of benzene rings is 1. The Bertz CT molecular complexity index is 596.